The van der Waals surface area contributed by atoms with Gasteiger partial charge in [-0.05, 0) is 62.6 Å². The molecule has 0 saturated carbocycles. The standard InChI is InChI=1S/C23H22ClN5O2/c1-14-4-3-5-18(12-14)29-15(2)21(26-27-29)23(30)28-10-8-16(9-11-28)22-25-19-13-17(24)6-7-20(19)31-22/h3-7,12-13,16H,8-11H2,1-2H3. The fourth-order valence-corrected chi connectivity index (χ4v) is 4.27. The smallest absolute Gasteiger partial charge is 0.276 e. The topological polar surface area (TPSA) is 77.1 Å². The van der Waals surface area contributed by atoms with E-state index in [-0.39, 0.29) is 11.8 Å². The third-order valence-corrected chi connectivity index (χ3v) is 6.08. The van der Waals surface area contributed by atoms with Crippen LogP contribution in [0.2, 0.25) is 5.02 Å². The Morgan fingerprint density at radius 2 is 1.94 bits per heavy atom. The molecule has 7 nitrogen and oxygen atoms in total. The van der Waals surface area contributed by atoms with E-state index in [1.54, 1.807) is 10.7 Å². The average molecular weight is 436 g/mol. The number of hydrogen-bond acceptors (Lipinski definition) is 5. The van der Waals surface area contributed by atoms with E-state index in [1.165, 1.54) is 0 Å². The van der Waals surface area contributed by atoms with E-state index in [0.29, 0.717) is 29.7 Å². The summed E-state index contributed by atoms with van der Waals surface area (Å²) in [4.78, 5) is 19.6. The van der Waals surface area contributed by atoms with E-state index in [0.717, 1.165) is 40.9 Å². The molecule has 0 unspecified atom stereocenters. The lowest BCUT2D eigenvalue weighted by Crippen LogP contribution is -2.38. The van der Waals surface area contributed by atoms with Crippen LogP contribution in [-0.4, -0.2) is 43.9 Å². The minimum atomic E-state index is -0.0841. The average Bonchev–Trinajstić information content (AvgIpc) is 3.36. The fraction of sp³-hybridized carbons (Fsp3) is 0.304. The summed E-state index contributed by atoms with van der Waals surface area (Å²) in [5, 5.41) is 9.05. The molecule has 4 aromatic rings. The van der Waals surface area contributed by atoms with Gasteiger partial charge in [-0.3, -0.25) is 4.79 Å². The summed E-state index contributed by atoms with van der Waals surface area (Å²) >= 11 is 6.05. The van der Waals surface area contributed by atoms with Crippen LogP contribution in [0.25, 0.3) is 16.8 Å². The molecule has 0 bridgehead atoms. The van der Waals surface area contributed by atoms with Gasteiger partial charge in [-0.2, -0.15) is 0 Å². The molecule has 8 heteroatoms. The molecule has 0 N–H and O–H groups in total. The number of carbonyl (C=O) groups is 1. The lowest BCUT2D eigenvalue weighted by Gasteiger charge is -2.30. The normalized spacial score (nSPS) is 15.0. The molecule has 1 aliphatic rings. The molecule has 0 radical (unpaired) electrons. The summed E-state index contributed by atoms with van der Waals surface area (Å²) in [5.74, 6) is 0.810. The van der Waals surface area contributed by atoms with E-state index < -0.39 is 0 Å². The van der Waals surface area contributed by atoms with Crippen molar-refractivity contribution in [3.8, 4) is 5.69 Å². The number of carbonyl (C=O) groups excluding carboxylic acids is 1. The van der Waals surface area contributed by atoms with Crippen LogP contribution in [0.15, 0.2) is 46.9 Å². The number of aryl methyl sites for hydroxylation is 1. The van der Waals surface area contributed by atoms with Gasteiger partial charge in [0.25, 0.3) is 5.91 Å². The van der Waals surface area contributed by atoms with Crippen molar-refractivity contribution in [3.05, 3.63) is 70.3 Å². The number of fused-ring (bicyclic) bond motifs is 1. The number of benzene rings is 2. The Bertz CT molecular complexity index is 1270. The van der Waals surface area contributed by atoms with Crippen molar-refractivity contribution < 1.29 is 9.21 Å². The highest BCUT2D eigenvalue weighted by Crippen LogP contribution is 2.31. The summed E-state index contributed by atoms with van der Waals surface area (Å²) in [5.41, 5.74) is 4.68. The quantitative estimate of drug-likeness (QED) is 0.466. The van der Waals surface area contributed by atoms with Crippen LogP contribution in [0.5, 0.6) is 0 Å². The van der Waals surface area contributed by atoms with Gasteiger partial charge in [0.15, 0.2) is 17.2 Å². The molecule has 1 aliphatic heterocycles. The van der Waals surface area contributed by atoms with Gasteiger partial charge >= 0.3 is 0 Å². The Labute approximate surface area is 184 Å². The molecule has 2 aromatic carbocycles. The van der Waals surface area contributed by atoms with E-state index in [4.69, 9.17) is 16.0 Å². The van der Waals surface area contributed by atoms with Crippen LogP contribution >= 0.6 is 11.6 Å². The van der Waals surface area contributed by atoms with Crippen molar-refractivity contribution >= 4 is 28.6 Å². The number of oxazole rings is 1. The maximum Gasteiger partial charge on any atom is 0.276 e. The monoisotopic (exact) mass is 435 g/mol. The Morgan fingerprint density at radius 1 is 1.13 bits per heavy atom. The summed E-state index contributed by atoms with van der Waals surface area (Å²) in [6.45, 7) is 5.16. The predicted molar refractivity (Wildman–Crippen MR) is 118 cm³/mol. The molecule has 3 heterocycles. The zero-order valence-corrected chi connectivity index (χ0v) is 18.1. The van der Waals surface area contributed by atoms with Crippen LogP contribution in [-0.2, 0) is 0 Å². The minimum absolute atomic E-state index is 0.0841. The van der Waals surface area contributed by atoms with Crippen molar-refractivity contribution in [1.29, 1.82) is 0 Å². The van der Waals surface area contributed by atoms with Crippen LogP contribution in [0, 0.1) is 13.8 Å². The van der Waals surface area contributed by atoms with Gasteiger partial charge in [0.2, 0.25) is 0 Å². The van der Waals surface area contributed by atoms with Crippen molar-refractivity contribution in [2.45, 2.75) is 32.6 Å². The molecule has 0 atom stereocenters. The van der Waals surface area contributed by atoms with Gasteiger partial charge in [0.05, 0.1) is 11.4 Å². The molecule has 1 amide bonds. The van der Waals surface area contributed by atoms with Crippen LogP contribution in [0.4, 0.5) is 0 Å². The molecule has 1 saturated heterocycles. The number of hydrogen-bond donors (Lipinski definition) is 0. The predicted octanol–water partition coefficient (Wildman–Crippen LogP) is 4.70. The first kappa shape index (κ1) is 19.8. The molecule has 31 heavy (non-hydrogen) atoms. The van der Waals surface area contributed by atoms with Gasteiger partial charge in [-0.25, -0.2) is 9.67 Å². The van der Waals surface area contributed by atoms with Gasteiger partial charge in [-0.15, -0.1) is 5.10 Å². The maximum absolute atomic E-state index is 13.1. The molecule has 0 spiro atoms. The number of aromatic nitrogens is 4. The molecule has 1 fully saturated rings. The first-order valence-electron chi connectivity index (χ1n) is 10.3. The summed E-state index contributed by atoms with van der Waals surface area (Å²) < 4.78 is 7.64. The summed E-state index contributed by atoms with van der Waals surface area (Å²) in [6, 6.07) is 13.4. The molecular formula is C23H22ClN5O2. The molecular weight excluding hydrogens is 414 g/mol. The van der Waals surface area contributed by atoms with Crippen LogP contribution in [0.3, 0.4) is 0 Å². The maximum atomic E-state index is 13.1. The largest absolute Gasteiger partial charge is 0.440 e. The second-order valence-corrected chi connectivity index (χ2v) is 8.44. The second-order valence-electron chi connectivity index (χ2n) is 8.00. The third kappa shape index (κ3) is 3.70. The zero-order chi connectivity index (χ0) is 21.5. The zero-order valence-electron chi connectivity index (χ0n) is 17.4. The number of halogens is 1. The Balaban J connectivity index is 1.30. The Hall–Kier alpha value is -3.19. The van der Waals surface area contributed by atoms with Gasteiger partial charge in [0, 0.05) is 24.0 Å². The highest BCUT2D eigenvalue weighted by atomic mass is 35.5. The molecule has 2 aromatic heterocycles. The minimum Gasteiger partial charge on any atom is -0.440 e. The number of piperidine rings is 1. The lowest BCUT2D eigenvalue weighted by atomic mass is 9.96. The summed E-state index contributed by atoms with van der Waals surface area (Å²) in [7, 11) is 0. The van der Waals surface area contributed by atoms with Crippen molar-refractivity contribution in [1.82, 2.24) is 24.9 Å². The Kier molecular flexibility index (Phi) is 4.98. The first-order valence-corrected chi connectivity index (χ1v) is 10.7. The van der Waals surface area contributed by atoms with Crippen molar-refractivity contribution in [2.24, 2.45) is 0 Å². The number of nitrogens with zero attached hydrogens (tertiary/aromatic N) is 5. The lowest BCUT2D eigenvalue weighted by molar-refractivity contribution is 0.0700. The first-order chi connectivity index (χ1) is 15.0. The SMILES string of the molecule is Cc1cccc(-n2nnc(C(=O)N3CCC(c4nc5cc(Cl)ccc5o4)CC3)c2C)c1. The van der Waals surface area contributed by atoms with E-state index in [1.807, 2.05) is 55.1 Å². The molecule has 5 rings (SSSR count). The number of amides is 1. The van der Waals surface area contributed by atoms with Gasteiger partial charge in [0.1, 0.15) is 5.52 Å². The van der Waals surface area contributed by atoms with Gasteiger partial charge in [-0.1, -0.05) is 28.9 Å². The van der Waals surface area contributed by atoms with Crippen molar-refractivity contribution in [3.63, 3.8) is 0 Å². The highest BCUT2D eigenvalue weighted by molar-refractivity contribution is 6.31. The van der Waals surface area contributed by atoms with E-state index in [9.17, 15) is 4.79 Å². The molecule has 0 aliphatic carbocycles. The summed E-state index contributed by atoms with van der Waals surface area (Å²) in [6.07, 6.45) is 1.58. The van der Waals surface area contributed by atoms with Crippen molar-refractivity contribution in [2.75, 3.05) is 13.1 Å². The Morgan fingerprint density at radius 3 is 2.71 bits per heavy atom. The van der Waals surface area contributed by atoms with Gasteiger partial charge < -0.3 is 9.32 Å². The number of rotatable bonds is 3. The fourth-order valence-electron chi connectivity index (χ4n) is 4.10. The molecule has 158 valence electrons. The van der Waals surface area contributed by atoms with Crippen LogP contribution < -0.4 is 0 Å². The van der Waals surface area contributed by atoms with Crippen LogP contribution in [0.1, 0.15) is 46.4 Å². The highest BCUT2D eigenvalue weighted by Gasteiger charge is 2.30. The van der Waals surface area contributed by atoms with E-state index >= 15 is 0 Å². The third-order valence-electron chi connectivity index (χ3n) is 5.84. The number of likely N-dealkylation sites (tertiary alicyclic amines) is 1. The second kappa shape index (κ2) is 7.81. The van der Waals surface area contributed by atoms with E-state index in [2.05, 4.69) is 15.3 Å².